The molecule has 22 heavy (non-hydrogen) atoms. The maximum absolute atomic E-state index is 12.8. The number of hydrogen-bond donors (Lipinski definition) is 2. The van der Waals surface area contributed by atoms with Gasteiger partial charge in [0.2, 0.25) is 0 Å². The van der Waals surface area contributed by atoms with E-state index in [0.717, 1.165) is 0 Å². The van der Waals surface area contributed by atoms with Gasteiger partial charge in [0.25, 0.3) is 0 Å². The molecule has 0 bridgehead atoms. The summed E-state index contributed by atoms with van der Waals surface area (Å²) in [6.07, 6.45) is 0. The molecule has 0 aromatic heterocycles. The first kappa shape index (κ1) is 12.6. The maximum atomic E-state index is 12.8. The minimum atomic E-state index is -0.250. The minimum absolute atomic E-state index is 0.222. The molecular weight excluding hydrogens is 276 g/mol. The van der Waals surface area contributed by atoms with Crippen LogP contribution in [0.3, 0.4) is 0 Å². The summed E-state index contributed by atoms with van der Waals surface area (Å²) in [6.45, 7) is 0. The van der Waals surface area contributed by atoms with Gasteiger partial charge in [-0.05, 0) is 0 Å². The lowest BCUT2D eigenvalue weighted by Crippen LogP contribution is -2.24. The molecule has 1 aliphatic rings. The SMILES string of the molecule is Nc1c2c(c(N)c3ccccc13)C(=O)c1ccccc1C2=O. The second kappa shape index (κ2) is 4.18. The summed E-state index contributed by atoms with van der Waals surface area (Å²) in [5.41, 5.74) is 14.2. The zero-order valence-electron chi connectivity index (χ0n) is 11.6. The van der Waals surface area contributed by atoms with Gasteiger partial charge in [-0.3, -0.25) is 9.59 Å². The Hall–Kier alpha value is -3.14. The highest BCUT2D eigenvalue weighted by molar-refractivity contribution is 6.34. The summed E-state index contributed by atoms with van der Waals surface area (Å²) >= 11 is 0. The van der Waals surface area contributed by atoms with E-state index in [1.807, 2.05) is 12.1 Å². The molecule has 0 amide bonds. The summed E-state index contributed by atoms with van der Waals surface area (Å²) in [5.74, 6) is -0.500. The molecule has 0 heterocycles. The van der Waals surface area contributed by atoms with Crippen molar-refractivity contribution in [3.8, 4) is 0 Å². The van der Waals surface area contributed by atoms with Crippen molar-refractivity contribution in [2.24, 2.45) is 0 Å². The van der Waals surface area contributed by atoms with Gasteiger partial charge in [-0.1, -0.05) is 48.5 Å². The molecule has 0 aliphatic heterocycles. The monoisotopic (exact) mass is 288 g/mol. The van der Waals surface area contributed by atoms with E-state index in [-0.39, 0.29) is 22.7 Å². The summed E-state index contributed by atoms with van der Waals surface area (Å²) in [6, 6.07) is 14.0. The highest BCUT2D eigenvalue weighted by Crippen LogP contribution is 2.40. The van der Waals surface area contributed by atoms with Crippen LogP contribution in [0.25, 0.3) is 10.8 Å². The van der Waals surface area contributed by atoms with Crippen molar-refractivity contribution in [2.75, 3.05) is 11.5 Å². The second-order valence-electron chi connectivity index (χ2n) is 5.33. The van der Waals surface area contributed by atoms with Crippen LogP contribution < -0.4 is 11.5 Å². The van der Waals surface area contributed by atoms with Gasteiger partial charge >= 0.3 is 0 Å². The zero-order valence-corrected chi connectivity index (χ0v) is 11.6. The number of rotatable bonds is 0. The van der Waals surface area contributed by atoms with Crippen LogP contribution >= 0.6 is 0 Å². The van der Waals surface area contributed by atoms with Crippen LogP contribution in [-0.4, -0.2) is 11.6 Å². The van der Waals surface area contributed by atoms with Gasteiger partial charge in [0.1, 0.15) is 0 Å². The number of carbonyl (C=O) groups is 2. The van der Waals surface area contributed by atoms with Gasteiger partial charge in [0.05, 0.1) is 22.5 Å². The average Bonchev–Trinajstić information content (AvgIpc) is 2.56. The lowest BCUT2D eigenvalue weighted by molar-refractivity contribution is 0.0980. The highest BCUT2D eigenvalue weighted by Gasteiger charge is 2.34. The van der Waals surface area contributed by atoms with Gasteiger partial charge in [-0.25, -0.2) is 0 Å². The number of hydrogen-bond acceptors (Lipinski definition) is 4. The first-order valence-electron chi connectivity index (χ1n) is 6.89. The fourth-order valence-corrected chi connectivity index (χ4v) is 3.11. The molecule has 4 rings (SSSR count). The molecule has 106 valence electrons. The van der Waals surface area contributed by atoms with Crippen molar-refractivity contribution in [1.82, 2.24) is 0 Å². The second-order valence-corrected chi connectivity index (χ2v) is 5.33. The Balaban J connectivity index is 2.19. The Labute approximate surface area is 126 Å². The Morgan fingerprint density at radius 3 is 1.36 bits per heavy atom. The topological polar surface area (TPSA) is 86.2 Å². The highest BCUT2D eigenvalue weighted by atomic mass is 16.1. The van der Waals surface area contributed by atoms with Crippen LogP contribution in [-0.2, 0) is 0 Å². The molecule has 0 saturated heterocycles. The molecule has 4 heteroatoms. The van der Waals surface area contributed by atoms with E-state index in [1.165, 1.54) is 0 Å². The van der Waals surface area contributed by atoms with E-state index in [1.54, 1.807) is 36.4 Å². The molecule has 3 aromatic carbocycles. The van der Waals surface area contributed by atoms with Crippen molar-refractivity contribution >= 4 is 33.7 Å². The Morgan fingerprint density at radius 1 is 0.591 bits per heavy atom. The molecule has 0 spiro atoms. The summed E-state index contributed by atoms with van der Waals surface area (Å²) in [4.78, 5) is 25.6. The van der Waals surface area contributed by atoms with Crippen molar-refractivity contribution in [3.05, 3.63) is 70.8 Å². The van der Waals surface area contributed by atoms with E-state index in [9.17, 15) is 9.59 Å². The van der Waals surface area contributed by atoms with Crippen molar-refractivity contribution < 1.29 is 9.59 Å². The Bertz CT molecular complexity index is 910. The zero-order chi connectivity index (χ0) is 15.4. The average molecular weight is 288 g/mol. The number of benzene rings is 3. The van der Waals surface area contributed by atoms with Crippen molar-refractivity contribution in [1.29, 1.82) is 0 Å². The van der Waals surface area contributed by atoms with Crippen LogP contribution in [0, 0.1) is 0 Å². The fourth-order valence-electron chi connectivity index (χ4n) is 3.11. The molecule has 1 aliphatic carbocycles. The molecule has 0 atom stereocenters. The minimum Gasteiger partial charge on any atom is -0.398 e. The summed E-state index contributed by atoms with van der Waals surface area (Å²) in [5, 5.41) is 1.39. The van der Waals surface area contributed by atoms with Gasteiger partial charge < -0.3 is 11.5 Å². The number of anilines is 2. The fraction of sp³-hybridized carbons (Fsp3) is 0. The lowest BCUT2D eigenvalue weighted by Gasteiger charge is -2.22. The van der Waals surface area contributed by atoms with Gasteiger partial charge in [0, 0.05) is 21.9 Å². The number of ketones is 2. The third kappa shape index (κ3) is 1.41. The Kier molecular flexibility index (Phi) is 2.39. The van der Waals surface area contributed by atoms with Gasteiger partial charge in [-0.15, -0.1) is 0 Å². The molecule has 0 radical (unpaired) electrons. The van der Waals surface area contributed by atoms with Crippen LogP contribution in [0.5, 0.6) is 0 Å². The number of nitrogens with two attached hydrogens (primary N) is 2. The smallest absolute Gasteiger partial charge is 0.196 e. The molecule has 0 fully saturated rings. The number of nitrogen functional groups attached to an aromatic ring is 2. The predicted molar refractivity (Wildman–Crippen MR) is 86.1 cm³/mol. The van der Waals surface area contributed by atoms with Gasteiger partial charge in [-0.2, -0.15) is 0 Å². The molecule has 4 N–H and O–H groups in total. The van der Waals surface area contributed by atoms with Crippen molar-refractivity contribution in [3.63, 3.8) is 0 Å². The largest absolute Gasteiger partial charge is 0.398 e. The first-order valence-corrected chi connectivity index (χ1v) is 6.89. The van der Waals surface area contributed by atoms with Gasteiger partial charge in [0.15, 0.2) is 11.6 Å². The molecular formula is C18H12N2O2. The number of fused-ring (bicyclic) bond motifs is 3. The van der Waals surface area contributed by atoms with E-state index in [4.69, 9.17) is 11.5 Å². The third-order valence-corrected chi connectivity index (χ3v) is 4.17. The summed E-state index contributed by atoms with van der Waals surface area (Å²) < 4.78 is 0. The van der Waals surface area contributed by atoms with Crippen LogP contribution in [0.2, 0.25) is 0 Å². The normalized spacial score (nSPS) is 13.1. The lowest BCUT2D eigenvalue weighted by atomic mass is 9.80. The summed E-state index contributed by atoms with van der Waals surface area (Å²) in [7, 11) is 0. The van der Waals surface area contributed by atoms with Crippen LogP contribution in [0.4, 0.5) is 11.4 Å². The van der Waals surface area contributed by atoms with Crippen LogP contribution in [0.1, 0.15) is 31.8 Å². The van der Waals surface area contributed by atoms with E-state index in [0.29, 0.717) is 33.3 Å². The van der Waals surface area contributed by atoms with E-state index < -0.39 is 0 Å². The maximum Gasteiger partial charge on any atom is 0.196 e. The third-order valence-electron chi connectivity index (χ3n) is 4.17. The first-order chi connectivity index (χ1) is 10.6. The Morgan fingerprint density at radius 2 is 0.955 bits per heavy atom. The number of carbonyl (C=O) groups excluding carboxylic acids is 2. The van der Waals surface area contributed by atoms with E-state index in [2.05, 4.69) is 0 Å². The standard InChI is InChI=1S/C18H12N2O2/c19-15-9-5-1-2-6-10(9)16(20)14-13(15)17(21)11-7-3-4-8-12(11)18(14)22/h1-8H,19-20H2. The molecule has 4 nitrogen and oxygen atoms in total. The molecule has 0 unspecified atom stereocenters. The quantitative estimate of drug-likeness (QED) is 0.385. The molecule has 3 aromatic rings. The van der Waals surface area contributed by atoms with Crippen molar-refractivity contribution in [2.45, 2.75) is 0 Å². The van der Waals surface area contributed by atoms with Crippen LogP contribution in [0.15, 0.2) is 48.5 Å². The predicted octanol–water partition coefficient (Wildman–Crippen LogP) is 2.78. The van der Waals surface area contributed by atoms with E-state index >= 15 is 0 Å². The molecule has 0 saturated carbocycles.